The molecule has 2 N–H and O–H groups in total. The quantitative estimate of drug-likeness (QED) is 0.695. The lowest BCUT2D eigenvalue weighted by molar-refractivity contribution is -0.131. The van der Waals surface area contributed by atoms with Gasteiger partial charge in [-0.1, -0.05) is 23.7 Å². The third kappa shape index (κ3) is 4.68. The Hall–Kier alpha value is -2.71. The lowest BCUT2D eigenvalue weighted by Crippen LogP contribution is -2.13. The molecule has 7 nitrogen and oxygen atoms in total. The van der Waals surface area contributed by atoms with Gasteiger partial charge in [-0.25, -0.2) is 13.2 Å². The number of hydrogen-bond acceptors (Lipinski definition) is 5. The van der Waals surface area contributed by atoms with Gasteiger partial charge < -0.3 is 14.6 Å². The third-order valence-electron chi connectivity index (χ3n) is 3.33. The summed E-state index contributed by atoms with van der Waals surface area (Å²) >= 11 is 6.10. The van der Waals surface area contributed by atoms with Crippen molar-refractivity contribution < 1.29 is 27.8 Å². The SMILES string of the molecule is COc1cc(Cl)c(NS(=O)(=O)c2ccc(C=CC(=O)O)cc2)cc1OC. The van der Waals surface area contributed by atoms with Crippen LogP contribution >= 0.6 is 11.6 Å². The van der Waals surface area contributed by atoms with E-state index in [-0.39, 0.29) is 15.6 Å². The zero-order valence-corrected chi connectivity index (χ0v) is 15.5. The largest absolute Gasteiger partial charge is 0.493 e. The predicted molar refractivity (Wildman–Crippen MR) is 98.5 cm³/mol. The number of aliphatic carboxylic acids is 1. The van der Waals surface area contributed by atoms with E-state index < -0.39 is 16.0 Å². The number of carbonyl (C=O) groups is 1. The molecule has 0 radical (unpaired) electrons. The average Bonchev–Trinajstić information content (AvgIpc) is 2.61. The molecule has 0 aliphatic heterocycles. The van der Waals surface area contributed by atoms with Crippen LogP contribution in [-0.4, -0.2) is 33.7 Å². The van der Waals surface area contributed by atoms with Crippen LogP contribution < -0.4 is 14.2 Å². The Morgan fingerprint density at radius 2 is 1.69 bits per heavy atom. The Bertz CT molecular complexity index is 938. The van der Waals surface area contributed by atoms with Crippen LogP contribution in [0.4, 0.5) is 5.69 Å². The molecule has 2 aromatic carbocycles. The van der Waals surface area contributed by atoms with Crippen molar-refractivity contribution in [2.75, 3.05) is 18.9 Å². The van der Waals surface area contributed by atoms with Crippen molar-refractivity contribution in [3.8, 4) is 11.5 Å². The molecule has 0 aliphatic carbocycles. The van der Waals surface area contributed by atoms with Gasteiger partial charge in [0.2, 0.25) is 0 Å². The molecule has 2 aromatic rings. The van der Waals surface area contributed by atoms with Crippen molar-refractivity contribution >= 4 is 39.4 Å². The molecule has 0 saturated carbocycles. The summed E-state index contributed by atoms with van der Waals surface area (Å²) in [7, 11) is -1.03. The maximum Gasteiger partial charge on any atom is 0.328 e. The summed E-state index contributed by atoms with van der Waals surface area (Å²) in [4.78, 5) is 10.5. The van der Waals surface area contributed by atoms with Crippen molar-refractivity contribution in [3.63, 3.8) is 0 Å². The molecule has 9 heteroatoms. The van der Waals surface area contributed by atoms with Crippen LogP contribution in [0.2, 0.25) is 5.02 Å². The van der Waals surface area contributed by atoms with Gasteiger partial charge in [-0.3, -0.25) is 4.72 Å². The number of sulfonamides is 1. The van der Waals surface area contributed by atoms with Crippen LogP contribution in [0.1, 0.15) is 5.56 Å². The molecule has 0 fully saturated rings. The second kappa shape index (κ2) is 8.11. The second-order valence-corrected chi connectivity index (χ2v) is 7.12. The zero-order chi connectivity index (χ0) is 19.3. The van der Waals surface area contributed by atoms with Crippen molar-refractivity contribution in [2.45, 2.75) is 4.90 Å². The minimum atomic E-state index is -3.90. The Morgan fingerprint density at radius 3 is 2.23 bits per heavy atom. The number of benzene rings is 2. The van der Waals surface area contributed by atoms with Gasteiger partial charge in [-0.15, -0.1) is 0 Å². The molecule has 0 spiro atoms. The normalized spacial score (nSPS) is 11.3. The Morgan fingerprint density at radius 1 is 1.12 bits per heavy atom. The van der Waals surface area contributed by atoms with Gasteiger partial charge in [0, 0.05) is 18.2 Å². The van der Waals surface area contributed by atoms with Gasteiger partial charge >= 0.3 is 5.97 Å². The van der Waals surface area contributed by atoms with Gasteiger partial charge in [0.05, 0.1) is 29.8 Å². The average molecular weight is 398 g/mol. The molecule has 0 unspecified atom stereocenters. The van der Waals surface area contributed by atoms with Gasteiger partial charge in [0.1, 0.15) is 0 Å². The number of anilines is 1. The Balaban J connectivity index is 2.30. The van der Waals surface area contributed by atoms with Gasteiger partial charge in [-0.2, -0.15) is 0 Å². The van der Waals surface area contributed by atoms with Crippen molar-refractivity contribution in [2.24, 2.45) is 0 Å². The molecule has 26 heavy (non-hydrogen) atoms. The van der Waals surface area contributed by atoms with Gasteiger partial charge in [0.25, 0.3) is 10.0 Å². The molecule has 0 atom stereocenters. The van der Waals surface area contributed by atoms with Crippen LogP contribution in [0.15, 0.2) is 47.4 Å². The molecule has 138 valence electrons. The van der Waals surface area contributed by atoms with E-state index in [9.17, 15) is 13.2 Å². The highest BCUT2D eigenvalue weighted by molar-refractivity contribution is 7.92. The van der Waals surface area contributed by atoms with Crippen LogP contribution in [0.5, 0.6) is 11.5 Å². The minimum absolute atomic E-state index is 0.00386. The first-order valence-electron chi connectivity index (χ1n) is 7.22. The fourth-order valence-corrected chi connectivity index (χ4v) is 3.39. The maximum absolute atomic E-state index is 12.5. The maximum atomic E-state index is 12.5. The highest BCUT2D eigenvalue weighted by Crippen LogP contribution is 2.36. The van der Waals surface area contributed by atoms with E-state index in [1.54, 1.807) is 0 Å². The topological polar surface area (TPSA) is 102 Å². The molecule has 0 amide bonds. The van der Waals surface area contributed by atoms with Crippen LogP contribution in [-0.2, 0) is 14.8 Å². The lowest BCUT2D eigenvalue weighted by Gasteiger charge is -2.13. The Kier molecular flexibility index (Phi) is 6.12. The third-order valence-corrected chi connectivity index (χ3v) is 5.02. The summed E-state index contributed by atoms with van der Waals surface area (Å²) in [6.07, 6.45) is 2.32. The first-order valence-corrected chi connectivity index (χ1v) is 9.08. The van der Waals surface area contributed by atoms with Gasteiger partial charge in [0.15, 0.2) is 11.5 Å². The monoisotopic (exact) mass is 397 g/mol. The summed E-state index contributed by atoms with van der Waals surface area (Å²) in [6.45, 7) is 0. The number of carboxylic acid groups (broad SMARTS) is 1. The van der Waals surface area contributed by atoms with Crippen molar-refractivity contribution in [1.82, 2.24) is 0 Å². The Labute approximate surface area is 155 Å². The fraction of sp³-hybridized carbons (Fsp3) is 0.118. The van der Waals surface area contributed by atoms with Crippen LogP contribution in [0, 0.1) is 0 Å². The van der Waals surface area contributed by atoms with Crippen LogP contribution in [0.3, 0.4) is 0 Å². The molecular weight excluding hydrogens is 382 g/mol. The molecule has 0 heterocycles. The molecule has 0 aromatic heterocycles. The first-order chi connectivity index (χ1) is 12.3. The van der Waals surface area contributed by atoms with E-state index in [2.05, 4.69) is 4.72 Å². The fourth-order valence-electron chi connectivity index (χ4n) is 2.06. The number of ether oxygens (including phenoxy) is 2. The predicted octanol–water partition coefficient (Wildman–Crippen LogP) is 3.26. The lowest BCUT2D eigenvalue weighted by atomic mass is 10.2. The van der Waals surface area contributed by atoms with Crippen molar-refractivity contribution in [1.29, 1.82) is 0 Å². The molecular formula is C17H16ClNO6S. The van der Waals surface area contributed by atoms with E-state index in [1.165, 1.54) is 56.7 Å². The minimum Gasteiger partial charge on any atom is -0.493 e. The van der Waals surface area contributed by atoms with E-state index >= 15 is 0 Å². The molecule has 0 aliphatic rings. The molecule has 0 saturated heterocycles. The molecule has 2 rings (SSSR count). The number of methoxy groups -OCH3 is 2. The first kappa shape index (κ1) is 19.6. The standard InChI is InChI=1S/C17H16ClNO6S/c1-24-15-9-13(18)14(10-16(15)25-2)19-26(22,23)12-6-3-11(4-7-12)5-8-17(20)21/h3-10,19H,1-2H3,(H,20,21). The van der Waals surface area contributed by atoms with E-state index in [0.717, 1.165) is 6.08 Å². The van der Waals surface area contributed by atoms with E-state index in [0.29, 0.717) is 17.1 Å². The smallest absolute Gasteiger partial charge is 0.328 e. The number of halogens is 1. The number of nitrogens with one attached hydrogen (secondary N) is 1. The molecule has 0 bridgehead atoms. The van der Waals surface area contributed by atoms with Crippen molar-refractivity contribution in [3.05, 3.63) is 53.1 Å². The highest BCUT2D eigenvalue weighted by atomic mass is 35.5. The number of hydrogen-bond donors (Lipinski definition) is 2. The number of rotatable bonds is 7. The summed E-state index contributed by atoms with van der Waals surface area (Å²) in [5, 5.41) is 8.75. The summed E-state index contributed by atoms with van der Waals surface area (Å²) in [5.41, 5.74) is 0.690. The van der Waals surface area contributed by atoms with Gasteiger partial charge in [-0.05, 0) is 23.8 Å². The second-order valence-electron chi connectivity index (χ2n) is 5.03. The summed E-state index contributed by atoms with van der Waals surface area (Å²) in [5.74, 6) is -0.398. The van der Waals surface area contributed by atoms with E-state index in [1.807, 2.05) is 0 Å². The van der Waals surface area contributed by atoms with E-state index in [4.69, 9.17) is 26.2 Å². The summed E-state index contributed by atoms with van der Waals surface area (Å²) < 4.78 is 37.7. The summed E-state index contributed by atoms with van der Waals surface area (Å²) in [6, 6.07) is 8.56. The van der Waals surface area contributed by atoms with Crippen LogP contribution in [0.25, 0.3) is 6.08 Å². The number of carboxylic acids is 1. The highest BCUT2D eigenvalue weighted by Gasteiger charge is 2.18. The zero-order valence-electron chi connectivity index (χ0n) is 13.9.